The first-order valence-electron chi connectivity index (χ1n) is 11.3. The monoisotopic (exact) mass is 461 g/mol. The number of hydrogen-bond acceptors (Lipinski definition) is 6. The number of nitrogens with zero attached hydrogens (tertiary/aromatic N) is 1. The van der Waals surface area contributed by atoms with Crippen molar-refractivity contribution < 1.29 is 24.3 Å². The highest BCUT2D eigenvalue weighted by atomic mass is 16.3. The second-order valence-electron chi connectivity index (χ2n) is 8.35. The Labute approximate surface area is 194 Å². The van der Waals surface area contributed by atoms with E-state index < -0.39 is 42.0 Å². The van der Waals surface area contributed by atoms with E-state index >= 15 is 0 Å². The lowest BCUT2D eigenvalue weighted by Crippen LogP contribution is -2.60. The molecule has 4 amide bonds. The Bertz CT molecular complexity index is 811. The highest BCUT2D eigenvalue weighted by Gasteiger charge is 2.33. The van der Waals surface area contributed by atoms with Crippen molar-refractivity contribution in [1.82, 2.24) is 20.9 Å². The van der Waals surface area contributed by atoms with Gasteiger partial charge in [0.05, 0.1) is 18.6 Å². The van der Waals surface area contributed by atoms with Crippen molar-refractivity contribution in [1.29, 1.82) is 0 Å². The van der Waals surface area contributed by atoms with Crippen LogP contribution in [0.4, 0.5) is 0 Å². The third-order valence-corrected chi connectivity index (χ3v) is 5.65. The molecule has 1 aliphatic heterocycles. The molecule has 0 bridgehead atoms. The number of aliphatic hydroxyl groups excluding tert-OH is 1. The molecule has 1 aliphatic rings. The van der Waals surface area contributed by atoms with Gasteiger partial charge in [0.1, 0.15) is 12.1 Å². The molecule has 0 radical (unpaired) electrons. The number of piperidine rings is 1. The van der Waals surface area contributed by atoms with E-state index in [1.165, 1.54) is 14.0 Å². The number of hydrogen-bond donors (Lipinski definition) is 5. The average molecular weight is 462 g/mol. The largest absolute Gasteiger partial charge is 0.391 e. The first-order valence-corrected chi connectivity index (χ1v) is 11.3. The number of rotatable bonds is 10. The van der Waals surface area contributed by atoms with Gasteiger partial charge in [0, 0.05) is 20.1 Å². The molecule has 1 saturated heterocycles. The van der Waals surface area contributed by atoms with Gasteiger partial charge >= 0.3 is 0 Å². The van der Waals surface area contributed by atoms with Crippen LogP contribution in [-0.2, 0) is 25.6 Å². The van der Waals surface area contributed by atoms with Gasteiger partial charge in [-0.25, -0.2) is 0 Å². The molecule has 0 saturated carbocycles. The highest BCUT2D eigenvalue weighted by molar-refractivity contribution is 5.95. The molecule has 0 unspecified atom stereocenters. The molecule has 10 heteroatoms. The van der Waals surface area contributed by atoms with Crippen molar-refractivity contribution >= 4 is 23.6 Å². The quantitative estimate of drug-likeness (QED) is 0.303. The van der Waals surface area contributed by atoms with Crippen LogP contribution in [0, 0.1) is 0 Å². The Balaban J connectivity index is 2.06. The topological polar surface area (TPSA) is 154 Å². The fourth-order valence-corrected chi connectivity index (χ4v) is 3.71. The summed E-state index contributed by atoms with van der Waals surface area (Å²) in [4.78, 5) is 52.1. The maximum absolute atomic E-state index is 13.0. The Hall–Kier alpha value is -2.98. The highest BCUT2D eigenvalue weighted by Crippen LogP contribution is 2.12. The number of carbonyl (C=O) groups excluding carboxylic acids is 4. The number of carbonyl (C=O) groups is 4. The summed E-state index contributed by atoms with van der Waals surface area (Å²) in [6, 6.07) is 5.81. The van der Waals surface area contributed by atoms with Crippen LogP contribution >= 0.6 is 0 Å². The van der Waals surface area contributed by atoms with E-state index in [4.69, 9.17) is 5.73 Å². The molecule has 2 rings (SSSR count). The maximum atomic E-state index is 13.0. The van der Waals surface area contributed by atoms with Crippen LogP contribution in [0.1, 0.15) is 38.2 Å². The van der Waals surface area contributed by atoms with E-state index in [-0.39, 0.29) is 18.7 Å². The molecule has 1 fully saturated rings. The number of likely N-dealkylation sites (tertiary alicyclic amines) is 1. The number of amides is 4. The van der Waals surface area contributed by atoms with Gasteiger partial charge in [0.15, 0.2) is 0 Å². The smallest absolute Gasteiger partial charge is 0.245 e. The summed E-state index contributed by atoms with van der Waals surface area (Å²) in [6.07, 6.45) is 1.51. The molecule has 182 valence electrons. The predicted molar refractivity (Wildman–Crippen MR) is 123 cm³/mol. The van der Waals surface area contributed by atoms with Gasteiger partial charge in [-0.05, 0) is 38.2 Å². The minimum absolute atomic E-state index is 0.244. The zero-order valence-electron chi connectivity index (χ0n) is 19.3. The molecule has 1 aromatic rings. The van der Waals surface area contributed by atoms with Crippen LogP contribution in [0.3, 0.4) is 0 Å². The zero-order chi connectivity index (χ0) is 24.4. The second kappa shape index (κ2) is 12.9. The lowest BCUT2D eigenvalue weighted by atomic mass is 10.0. The summed E-state index contributed by atoms with van der Waals surface area (Å²) in [5.41, 5.74) is 6.85. The lowest BCUT2D eigenvalue weighted by Gasteiger charge is -2.31. The average Bonchev–Trinajstić information content (AvgIpc) is 2.82. The summed E-state index contributed by atoms with van der Waals surface area (Å²) in [7, 11) is 1.44. The van der Waals surface area contributed by atoms with Gasteiger partial charge in [0.2, 0.25) is 23.6 Å². The van der Waals surface area contributed by atoms with Crippen LogP contribution in [0.2, 0.25) is 0 Å². The van der Waals surface area contributed by atoms with Gasteiger partial charge in [-0.1, -0.05) is 30.3 Å². The number of nitrogens with two attached hydrogens (primary N) is 1. The molecular formula is C23H35N5O5. The molecular weight excluding hydrogens is 426 g/mol. The summed E-state index contributed by atoms with van der Waals surface area (Å²) in [6.45, 7) is 2.47. The fourth-order valence-electron chi connectivity index (χ4n) is 3.71. The first kappa shape index (κ1) is 26.3. The fraction of sp³-hybridized carbons (Fsp3) is 0.565. The van der Waals surface area contributed by atoms with Gasteiger partial charge in [-0.15, -0.1) is 0 Å². The molecule has 0 spiro atoms. The van der Waals surface area contributed by atoms with E-state index in [0.29, 0.717) is 13.1 Å². The van der Waals surface area contributed by atoms with Crippen molar-refractivity contribution in [3.8, 4) is 0 Å². The minimum Gasteiger partial charge on any atom is -0.391 e. The van der Waals surface area contributed by atoms with E-state index in [9.17, 15) is 24.3 Å². The van der Waals surface area contributed by atoms with Gasteiger partial charge in [0.25, 0.3) is 0 Å². The van der Waals surface area contributed by atoms with Gasteiger partial charge < -0.3 is 31.7 Å². The van der Waals surface area contributed by atoms with Crippen LogP contribution < -0.4 is 21.7 Å². The van der Waals surface area contributed by atoms with Crippen LogP contribution in [0.5, 0.6) is 0 Å². The van der Waals surface area contributed by atoms with E-state index in [1.54, 1.807) is 4.90 Å². The Morgan fingerprint density at radius 2 is 1.67 bits per heavy atom. The van der Waals surface area contributed by atoms with E-state index in [2.05, 4.69) is 16.0 Å². The van der Waals surface area contributed by atoms with Crippen molar-refractivity contribution in [2.45, 2.75) is 63.3 Å². The third-order valence-electron chi connectivity index (χ3n) is 5.65. The van der Waals surface area contributed by atoms with Gasteiger partial charge in [-0.3, -0.25) is 19.2 Å². The Morgan fingerprint density at radius 1 is 1.03 bits per heavy atom. The maximum Gasteiger partial charge on any atom is 0.245 e. The number of nitrogens with one attached hydrogen (secondary N) is 3. The first-order chi connectivity index (χ1) is 15.7. The van der Waals surface area contributed by atoms with Crippen LogP contribution in [-0.4, -0.2) is 78.0 Å². The second-order valence-corrected chi connectivity index (χ2v) is 8.35. The number of aliphatic hydroxyl groups is 1. The summed E-state index contributed by atoms with van der Waals surface area (Å²) in [5, 5.41) is 17.6. The van der Waals surface area contributed by atoms with E-state index in [1.807, 2.05) is 30.3 Å². The molecule has 1 heterocycles. The summed E-state index contributed by atoms with van der Waals surface area (Å²) >= 11 is 0. The molecule has 1 aromatic carbocycles. The van der Waals surface area contributed by atoms with Crippen molar-refractivity contribution in [3.05, 3.63) is 35.9 Å². The minimum atomic E-state index is -1.33. The Morgan fingerprint density at radius 3 is 2.24 bits per heavy atom. The predicted octanol–water partition coefficient (Wildman–Crippen LogP) is -0.945. The van der Waals surface area contributed by atoms with E-state index in [0.717, 1.165) is 24.8 Å². The van der Waals surface area contributed by atoms with Crippen LogP contribution in [0.15, 0.2) is 30.3 Å². The summed E-state index contributed by atoms with van der Waals surface area (Å²) in [5.74, 6) is -2.13. The van der Waals surface area contributed by atoms with Crippen LogP contribution in [0.25, 0.3) is 0 Å². The molecule has 10 nitrogen and oxygen atoms in total. The molecule has 33 heavy (non-hydrogen) atoms. The van der Waals surface area contributed by atoms with Gasteiger partial charge in [-0.2, -0.15) is 0 Å². The molecule has 0 aliphatic carbocycles. The van der Waals surface area contributed by atoms with Crippen molar-refractivity contribution in [2.24, 2.45) is 5.73 Å². The third kappa shape index (κ3) is 8.14. The Kier molecular flexibility index (Phi) is 10.3. The van der Waals surface area contributed by atoms with Crippen molar-refractivity contribution in [2.75, 3.05) is 20.1 Å². The molecule has 6 N–H and O–H groups in total. The normalized spacial score (nSPS) is 17.3. The van der Waals surface area contributed by atoms with Crippen molar-refractivity contribution in [3.63, 3.8) is 0 Å². The molecule has 0 aromatic heterocycles. The zero-order valence-corrected chi connectivity index (χ0v) is 19.3. The number of benzene rings is 1. The SMILES string of the molecule is CNC(=O)C[C@H](NC(=O)[C@@H](NC(=O)[C@@H](N)Cc1ccccc1)[C@@H](C)O)C(=O)N1CCCCC1. The molecule has 4 atom stereocenters. The lowest BCUT2D eigenvalue weighted by molar-refractivity contribution is -0.140. The standard InChI is InChI=1S/C23H35N5O5/c1-15(29)20(27-21(31)17(24)13-16-9-5-3-6-10-16)22(32)26-18(14-19(30)25-2)23(33)28-11-7-4-8-12-28/h3,5-6,9-10,15,17-18,20,29H,4,7-8,11-14,24H2,1-2H3,(H,25,30)(H,26,32)(H,27,31)/t15-,17+,18+,20+/m1/s1. The summed E-state index contributed by atoms with van der Waals surface area (Å²) < 4.78 is 0.